The largest absolute Gasteiger partial charge is 0.501 e. The Morgan fingerprint density at radius 3 is 1.57 bits per heavy atom. The monoisotopic (exact) mass is 842 g/mol. The molecule has 0 amide bonds. The van der Waals surface area contributed by atoms with E-state index in [-0.39, 0.29) is 33.0 Å². The van der Waals surface area contributed by atoms with Crippen molar-refractivity contribution >= 4 is 17.6 Å². The Hall–Kier alpha value is -0.726. The van der Waals surface area contributed by atoms with Crippen molar-refractivity contribution in [2.45, 2.75) is 135 Å². The first-order valence-electron chi connectivity index (χ1n) is 20.4. The van der Waals surface area contributed by atoms with Crippen LogP contribution in [0.2, 0.25) is 12.1 Å². The van der Waals surface area contributed by atoms with Crippen LogP contribution in [0.3, 0.4) is 0 Å². The Morgan fingerprint density at radius 1 is 0.589 bits per heavy atom. The maximum atomic E-state index is 12.0. The lowest BCUT2D eigenvalue weighted by Gasteiger charge is -2.48. The highest BCUT2D eigenvalue weighted by molar-refractivity contribution is 6.61. The average Bonchev–Trinajstić information content (AvgIpc) is 3.16. The van der Waals surface area contributed by atoms with Crippen molar-refractivity contribution in [3.05, 3.63) is 25.3 Å². The summed E-state index contributed by atoms with van der Waals surface area (Å²) in [4.78, 5) is 0. The molecule has 330 valence electrons. The molecule has 2 saturated heterocycles. The summed E-state index contributed by atoms with van der Waals surface area (Å²) in [6.07, 6.45) is -4.80. The Balaban J connectivity index is 2.31. The first-order chi connectivity index (χ1) is 27.1. The van der Waals surface area contributed by atoms with E-state index in [9.17, 15) is 10.2 Å². The zero-order valence-corrected chi connectivity index (χ0v) is 37.3. The van der Waals surface area contributed by atoms with E-state index in [4.69, 9.17) is 64.5 Å². The van der Waals surface area contributed by atoms with Gasteiger partial charge in [-0.05, 0) is 61.3 Å². The van der Waals surface area contributed by atoms with Gasteiger partial charge in [-0.2, -0.15) is 0 Å². The van der Waals surface area contributed by atoms with E-state index in [0.717, 1.165) is 0 Å². The predicted molar refractivity (Wildman–Crippen MR) is 212 cm³/mol. The Kier molecular flexibility index (Phi) is 26.3. The fourth-order valence-electron chi connectivity index (χ4n) is 6.96. The van der Waals surface area contributed by atoms with E-state index < -0.39 is 78.8 Å². The fourth-order valence-corrected chi connectivity index (χ4v) is 12.1. The molecule has 0 bridgehead atoms. The third-order valence-corrected chi connectivity index (χ3v) is 15.5. The highest BCUT2D eigenvalue weighted by atomic mass is 28.4. The van der Waals surface area contributed by atoms with Gasteiger partial charge in [0.2, 0.25) is 0 Å². The van der Waals surface area contributed by atoms with Gasteiger partial charge in [0, 0.05) is 72.1 Å². The van der Waals surface area contributed by atoms with Crippen LogP contribution >= 0.6 is 0 Å². The lowest BCUT2D eigenvalue weighted by Crippen LogP contribution is -2.65. The number of methoxy groups -OCH3 is 1. The number of ether oxygens (including phenoxy) is 8. The highest BCUT2D eigenvalue weighted by Crippen LogP contribution is 2.33. The summed E-state index contributed by atoms with van der Waals surface area (Å²) >= 11 is 0. The smallest absolute Gasteiger partial charge is 0.387 e. The summed E-state index contributed by atoms with van der Waals surface area (Å²) < 4.78 is 85.3. The molecule has 0 saturated carbocycles. The van der Waals surface area contributed by atoms with E-state index >= 15 is 0 Å². The van der Waals surface area contributed by atoms with Crippen molar-refractivity contribution in [1.82, 2.24) is 0 Å². The summed E-state index contributed by atoms with van der Waals surface area (Å²) in [5.41, 5.74) is 0. The molecule has 0 spiro atoms. The van der Waals surface area contributed by atoms with Gasteiger partial charge in [-0.25, -0.2) is 0 Å². The molecule has 2 unspecified atom stereocenters. The zero-order chi connectivity index (χ0) is 41.4. The first-order valence-corrected chi connectivity index (χ1v) is 24.2. The second kappa shape index (κ2) is 28.7. The van der Waals surface area contributed by atoms with Gasteiger partial charge in [-0.3, -0.25) is 0 Å². The molecular weight excluding hydrogens is 769 g/mol. The molecule has 0 aromatic carbocycles. The summed E-state index contributed by atoms with van der Waals surface area (Å²) in [5, 5.41) is 23.5. The first kappa shape index (κ1) is 51.4. The molecule has 0 aromatic rings. The minimum Gasteiger partial charge on any atom is -0.387 e. The molecule has 18 heteroatoms. The van der Waals surface area contributed by atoms with E-state index in [2.05, 4.69) is 13.2 Å². The summed E-state index contributed by atoms with van der Waals surface area (Å²) in [6.45, 7) is 24.8. The van der Waals surface area contributed by atoms with Gasteiger partial charge in [0.05, 0.1) is 32.5 Å². The molecule has 0 radical (unpaired) electrons. The summed E-state index contributed by atoms with van der Waals surface area (Å²) in [6, 6.07) is 1.12. The minimum atomic E-state index is -2.89. The fraction of sp³-hybridized carbons (Fsp3) is 0.895. The molecule has 2 N–H and O–H groups in total. The molecule has 2 aliphatic heterocycles. The summed E-state index contributed by atoms with van der Waals surface area (Å²) in [7, 11) is -4.27. The SMILES string of the molecule is C=CCOC[C@H]1O[C@@H](O[C@H]2[C@H](O)C(OCCC[Si](OCC)(OCC)OCC)[C@H](C)O[C@@H]2COCCC[Si](OCC)(OCC)OCC)C(OCC=C)[C@@H](O)[C@@H]1OC. The van der Waals surface area contributed by atoms with Gasteiger partial charge in [0.15, 0.2) is 6.29 Å². The quantitative estimate of drug-likeness (QED) is 0.0557. The highest BCUT2D eigenvalue weighted by Gasteiger charge is 2.52. The molecule has 2 fully saturated rings. The molecule has 16 nitrogen and oxygen atoms in total. The van der Waals surface area contributed by atoms with Crippen molar-refractivity contribution in [1.29, 1.82) is 0 Å². The second-order valence-corrected chi connectivity index (χ2v) is 18.7. The van der Waals surface area contributed by atoms with Crippen LogP contribution in [0.15, 0.2) is 25.3 Å². The van der Waals surface area contributed by atoms with Gasteiger partial charge >= 0.3 is 17.6 Å². The number of rotatable bonds is 33. The van der Waals surface area contributed by atoms with Crippen LogP contribution in [0.5, 0.6) is 0 Å². The van der Waals surface area contributed by atoms with Gasteiger partial charge in [-0.1, -0.05) is 12.2 Å². The standard InChI is InChI=1S/C38H74O16Si2/c1-11-21-42-27-30-35(41-10)33(40)37(44-22-12-2)38(53-30)54-36-31(28-43-23-19-25-55(46-13-3,47-14-4)48-15-5)52-29(9)34(32(36)39)45-24-20-26-56(49-16-6,50-17-7)51-18-8/h11-12,29-40H,1-2,13-28H2,3-10H3/t29-,30+,31+,32+,33-,34?,35+,36+,37?,38-/m0/s1. The summed E-state index contributed by atoms with van der Waals surface area (Å²) in [5.74, 6) is 0. The van der Waals surface area contributed by atoms with Crippen LogP contribution in [-0.2, 0) is 64.5 Å². The van der Waals surface area contributed by atoms with Crippen LogP contribution in [0, 0.1) is 0 Å². The molecule has 2 rings (SSSR count). The molecule has 2 aliphatic rings. The van der Waals surface area contributed by atoms with Crippen LogP contribution in [0.25, 0.3) is 0 Å². The Bertz CT molecular complexity index is 994. The van der Waals surface area contributed by atoms with Gasteiger partial charge in [-0.15, -0.1) is 13.2 Å². The second-order valence-electron chi connectivity index (χ2n) is 13.2. The van der Waals surface area contributed by atoms with Gasteiger partial charge in [0.1, 0.15) is 48.8 Å². The number of aliphatic hydroxyl groups excluding tert-OH is 2. The molecule has 0 aliphatic carbocycles. The number of hydrogen-bond acceptors (Lipinski definition) is 16. The molecule has 56 heavy (non-hydrogen) atoms. The molecule has 0 aromatic heterocycles. The Morgan fingerprint density at radius 2 is 1.07 bits per heavy atom. The van der Waals surface area contributed by atoms with Crippen LogP contribution < -0.4 is 0 Å². The Labute approximate surface area is 338 Å². The average molecular weight is 843 g/mol. The lowest BCUT2D eigenvalue weighted by molar-refractivity contribution is -0.350. The van der Waals surface area contributed by atoms with Crippen LogP contribution in [-0.4, -0.2) is 175 Å². The number of aliphatic hydroxyl groups is 2. The normalized spacial score (nSPS) is 28.8. The lowest BCUT2D eigenvalue weighted by atomic mass is 9.94. The molecular formula is C38H74O16Si2. The van der Waals surface area contributed by atoms with Crippen LogP contribution in [0.1, 0.15) is 61.3 Å². The third-order valence-electron chi connectivity index (χ3n) is 9.17. The number of hydrogen-bond donors (Lipinski definition) is 2. The van der Waals surface area contributed by atoms with Crippen molar-refractivity contribution in [2.24, 2.45) is 0 Å². The minimum absolute atomic E-state index is 0.0798. The molecule has 10 atom stereocenters. The zero-order valence-electron chi connectivity index (χ0n) is 35.3. The van der Waals surface area contributed by atoms with Crippen molar-refractivity contribution in [3.8, 4) is 0 Å². The maximum absolute atomic E-state index is 12.0. The maximum Gasteiger partial charge on any atom is 0.501 e. The van der Waals surface area contributed by atoms with E-state index in [1.54, 1.807) is 12.2 Å². The molecule has 2 heterocycles. The predicted octanol–water partition coefficient (Wildman–Crippen LogP) is 3.67. The van der Waals surface area contributed by atoms with Gasteiger partial charge in [0.25, 0.3) is 0 Å². The van der Waals surface area contributed by atoms with Gasteiger partial charge < -0.3 is 74.7 Å². The van der Waals surface area contributed by atoms with Crippen molar-refractivity contribution in [2.75, 3.05) is 86.4 Å². The van der Waals surface area contributed by atoms with Crippen molar-refractivity contribution < 1.29 is 74.7 Å². The van der Waals surface area contributed by atoms with E-state index in [1.807, 2.05) is 48.5 Å². The third kappa shape index (κ3) is 16.0. The van der Waals surface area contributed by atoms with E-state index in [1.165, 1.54) is 7.11 Å². The van der Waals surface area contributed by atoms with E-state index in [0.29, 0.717) is 71.2 Å². The topological polar surface area (TPSA) is 170 Å². The van der Waals surface area contributed by atoms with Crippen molar-refractivity contribution in [3.63, 3.8) is 0 Å². The van der Waals surface area contributed by atoms with Crippen LogP contribution in [0.4, 0.5) is 0 Å².